The van der Waals surface area contributed by atoms with E-state index in [0.29, 0.717) is 6.54 Å². The maximum absolute atomic E-state index is 12.4. The van der Waals surface area contributed by atoms with Crippen LogP contribution in [0, 0.1) is 0 Å². The van der Waals surface area contributed by atoms with E-state index >= 15 is 0 Å². The average Bonchev–Trinajstić information content (AvgIpc) is 2.37. The zero-order valence-electron chi connectivity index (χ0n) is 11.1. The van der Waals surface area contributed by atoms with Crippen molar-refractivity contribution in [2.45, 2.75) is 25.4 Å². The molecule has 1 fully saturated rings. The third-order valence-electron chi connectivity index (χ3n) is 3.92. The monoisotopic (exact) mass is 266 g/mol. The molecule has 2 rings (SSSR count). The average molecular weight is 267 g/mol. The molecule has 4 heteroatoms. The van der Waals surface area contributed by atoms with Gasteiger partial charge in [-0.25, -0.2) is 0 Å². The summed E-state index contributed by atoms with van der Waals surface area (Å²) in [6.45, 7) is 3.63. The highest BCUT2D eigenvalue weighted by molar-refractivity contribution is 6.30. The van der Waals surface area contributed by atoms with Gasteiger partial charge in [0, 0.05) is 25.2 Å². The maximum Gasteiger partial charge on any atom is 0.242 e. The summed E-state index contributed by atoms with van der Waals surface area (Å²) in [6, 6.07) is 7.62. The van der Waals surface area contributed by atoms with Gasteiger partial charge in [-0.2, -0.15) is 0 Å². The molecule has 1 saturated heterocycles. The lowest BCUT2D eigenvalue weighted by Gasteiger charge is -2.48. The van der Waals surface area contributed by atoms with Gasteiger partial charge in [0.2, 0.25) is 5.91 Å². The number of carbonyl (C=O) groups excluding carboxylic acids is 1. The second-order valence-electron chi connectivity index (χ2n) is 5.23. The van der Waals surface area contributed by atoms with Crippen molar-refractivity contribution in [1.82, 2.24) is 9.80 Å². The summed E-state index contributed by atoms with van der Waals surface area (Å²) in [5.41, 5.74) is 0.780. The molecule has 1 unspecified atom stereocenters. The van der Waals surface area contributed by atoms with Gasteiger partial charge in [-0.3, -0.25) is 9.69 Å². The van der Waals surface area contributed by atoms with Crippen molar-refractivity contribution in [3.63, 3.8) is 0 Å². The molecule has 1 aromatic carbocycles. The van der Waals surface area contributed by atoms with Crippen LogP contribution in [0.5, 0.6) is 0 Å². The topological polar surface area (TPSA) is 23.6 Å². The maximum atomic E-state index is 12.4. The van der Waals surface area contributed by atoms with E-state index in [1.807, 2.05) is 45.3 Å². The van der Waals surface area contributed by atoms with Gasteiger partial charge in [-0.1, -0.05) is 23.7 Å². The number of likely N-dealkylation sites (N-methyl/N-ethyl adjacent to an activating group) is 2. The predicted molar refractivity (Wildman–Crippen MR) is 73.6 cm³/mol. The lowest BCUT2D eigenvalue weighted by molar-refractivity contribution is -0.149. The molecule has 1 atom stereocenters. The van der Waals surface area contributed by atoms with Crippen LogP contribution in [0.15, 0.2) is 24.3 Å². The third-order valence-corrected chi connectivity index (χ3v) is 4.17. The molecule has 0 aliphatic carbocycles. The van der Waals surface area contributed by atoms with Crippen LogP contribution in [-0.2, 0) is 11.3 Å². The van der Waals surface area contributed by atoms with Crippen molar-refractivity contribution >= 4 is 17.5 Å². The lowest BCUT2D eigenvalue weighted by Crippen LogP contribution is -2.64. The van der Waals surface area contributed by atoms with Crippen LogP contribution in [-0.4, -0.2) is 41.9 Å². The Kier molecular flexibility index (Phi) is 3.64. The van der Waals surface area contributed by atoms with Gasteiger partial charge in [0.15, 0.2) is 0 Å². The SMILES string of the molecule is CN(Cc1ccc(Cl)cc1)C(=O)C1(C)CCN1C. The fraction of sp³-hybridized carbons (Fsp3) is 0.500. The van der Waals surface area contributed by atoms with E-state index in [-0.39, 0.29) is 11.4 Å². The number of amides is 1. The van der Waals surface area contributed by atoms with Crippen molar-refractivity contribution < 1.29 is 4.79 Å². The Bertz CT molecular complexity index is 446. The van der Waals surface area contributed by atoms with Gasteiger partial charge in [-0.05, 0) is 38.1 Å². The largest absolute Gasteiger partial charge is 0.340 e. The standard InChI is InChI=1S/C14H19ClN2O/c1-14(8-9-17(14)3)13(18)16(2)10-11-4-6-12(15)7-5-11/h4-7H,8-10H2,1-3H3. The predicted octanol–water partition coefficient (Wildman–Crippen LogP) is 2.39. The van der Waals surface area contributed by atoms with Crippen molar-refractivity contribution in [2.75, 3.05) is 20.6 Å². The first-order valence-corrected chi connectivity index (χ1v) is 6.52. The molecule has 1 aliphatic heterocycles. The summed E-state index contributed by atoms with van der Waals surface area (Å²) in [7, 11) is 3.85. The Morgan fingerprint density at radius 2 is 2.06 bits per heavy atom. The number of nitrogens with zero attached hydrogens (tertiary/aromatic N) is 2. The molecule has 98 valence electrons. The van der Waals surface area contributed by atoms with Crippen molar-refractivity contribution in [3.05, 3.63) is 34.9 Å². The number of likely N-dealkylation sites (tertiary alicyclic amines) is 1. The molecule has 0 radical (unpaired) electrons. The van der Waals surface area contributed by atoms with Gasteiger partial charge in [0.25, 0.3) is 0 Å². The molecule has 0 aromatic heterocycles. The van der Waals surface area contributed by atoms with E-state index < -0.39 is 0 Å². The van der Waals surface area contributed by atoms with E-state index in [2.05, 4.69) is 4.90 Å². The number of benzene rings is 1. The highest BCUT2D eigenvalue weighted by Gasteiger charge is 2.45. The van der Waals surface area contributed by atoms with Crippen molar-refractivity contribution in [3.8, 4) is 0 Å². The second-order valence-corrected chi connectivity index (χ2v) is 5.67. The second kappa shape index (κ2) is 4.90. The Balaban J connectivity index is 2.01. The number of rotatable bonds is 3. The molecule has 18 heavy (non-hydrogen) atoms. The third kappa shape index (κ3) is 2.38. The normalized spacial score (nSPS) is 23.6. The van der Waals surface area contributed by atoms with Crippen LogP contribution in [0.4, 0.5) is 0 Å². The molecular weight excluding hydrogens is 248 g/mol. The summed E-state index contributed by atoms with van der Waals surface area (Å²) >= 11 is 5.85. The Labute approximate surface area is 113 Å². The molecule has 0 saturated carbocycles. The highest BCUT2D eigenvalue weighted by Crippen LogP contribution is 2.30. The molecule has 0 spiro atoms. The zero-order valence-corrected chi connectivity index (χ0v) is 11.9. The lowest BCUT2D eigenvalue weighted by atomic mass is 9.86. The van der Waals surface area contributed by atoms with Gasteiger partial charge in [-0.15, -0.1) is 0 Å². The fourth-order valence-electron chi connectivity index (χ4n) is 2.29. The molecule has 1 aromatic rings. The van der Waals surface area contributed by atoms with Crippen molar-refractivity contribution in [1.29, 1.82) is 0 Å². The van der Waals surface area contributed by atoms with Crippen LogP contribution >= 0.6 is 11.6 Å². The summed E-state index contributed by atoms with van der Waals surface area (Å²) in [5, 5.41) is 0.721. The molecule has 1 amide bonds. The van der Waals surface area contributed by atoms with E-state index in [1.54, 1.807) is 4.90 Å². The number of halogens is 1. The van der Waals surface area contributed by atoms with Crippen LogP contribution in [0.3, 0.4) is 0 Å². The van der Waals surface area contributed by atoms with Gasteiger partial charge in [0.1, 0.15) is 0 Å². The summed E-state index contributed by atoms with van der Waals surface area (Å²) in [4.78, 5) is 16.3. The minimum atomic E-state index is -0.318. The van der Waals surface area contributed by atoms with E-state index in [1.165, 1.54) is 0 Å². The molecular formula is C14H19ClN2O. The van der Waals surface area contributed by atoms with Crippen LogP contribution in [0.2, 0.25) is 5.02 Å². The molecule has 0 bridgehead atoms. The van der Waals surface area contributed by atoms with Gasteiger partial charge >= 0.3 is 0 Å². The Morgan fingerprint density at radius 1 is 1.44 bits per heavy atom. The van der Waals surface area contributed by atoms with Crippen LogP contribution in [0.1, 0.15) is 18.9 Å². The Hall–Kier alpha value is -1.06. The molecule has 3 nitrogen and oxygen atoms in total. The summed E-state index contributed by atoms with van der Waals surface area (Å²) in [6.07, 6.45) is 0.938. The van der Waals surface area contributed by atoms with E-state index in [9.17, 15) is 4.79 Å². The molecule has 0 N–H and O–H groups in total. The van der Waals surface area contributed by atoms with Gasteiger partial charge in [0.05, 0.1) is 5.54 Å². The quantitative estimate of drug-likeness (QED) is 0.839. The minimum absolute atomic E-state index is 0.186. The zero-order chi connectivity index (χ0) is 13.3. The Morgan fingerprint density at radius 3 is 2.50 bits per heavy atom. The van der Waals surface area contributed by atoms with Gasteiger partial charge < -0.3 is 4.90 Å². The number of carbonyl (C=O) groups is 1. The molecule has 1 heterocycles. The number of hydrogen-bond donors (Lipinski definition) is 0. The van der Waals surface area contributed by atoms with E-state index in [4.69, 9.17) is 11.6 Å². The van der Waals surface area contributed by atoms with Crippen LogP contribution in [0.25, 0.3) is 0 Å². The van der Waals surface area contributed by atoms with Crippen LogP contribution < -0.4 is 0 Å². The minimum Gasteiger partial charge on any atom is -0.340 e. The van der Waals surface area contributed by atoms with E-state index in [0.717, 1.165) is 23.6 Å². The smallest absolute Gasteiger partial charge is 0.242 e. The number of hydrogen-bond acceptors (Lipinski definition) is 2. The summed E-state index contributed by atoms with van der Waals surface area (Å²) < 4.78 is 0. The first-order valence-electron chi connectivity index (χ1n) is 6.15. The van der Waals surface area contributed by atoms with Crippen molar-refractivity contribution in [2.24, 2.45) is 0 Å². The first kappa shape index (κ1) is 13.4. The highest BCUT2D eigenvalue weighted by atomic mass is 35.5. The summed E-state index contributed by atoms with van der Waals surface area (Å²) in [5.74, 6) is 0.186. The first-order chi connectivity index (χ1) is 8.43. The fourth-order valence-corrected chi connectivity index (χ4v) is 2.41. The molecule has 1 aliphatic rings.